The predicted molar refractivity (Wildman–Crippen MR) is 135 cm³/mol. The number of methoxy groups -OCH3 is 1. The Balaban J connectivity index is 1.66. The Labute approximate surface area is 216 Å². The van der Waals surface area contributed by atoms with Gasteiger partial charge in [-0.15, -0.1) is 0 Å². The number of carbonyl (C=O) groups excluding carboxylic acids is 2. The van der Waals surface area contributed by atoms with Crippen LogP contribution in [0.2, 0.25) is 5.02 Å². The van der Waals surface area contributed by atoms with Crippen molar-refractivity contribution in [1.82, 2.24) is 4.90 Å². The highest BCUT2D eigenvalue weighted by atomic mass is 35.5. The van der Waals surface area contributed by atoms with E-state index in [0.29, 0.717) is 17.3 Å². The first-order valence-electron chi connectivity index (χ1n) is 10.5. The van der Waals surface area contributed by atoms with Crippen molar-refractivity contribution in [2.24, 2.45) is 0 Å². The van der Waals surface area contributed by atoms with Crippen LogP contribution in [0.5, 0.6) is 11.5 Å². The van der Waals surface area contributed by atoms with Gasteiger partial charge in [-0.2, -0.15) is 8.42 Å². The van der Waals surface area contributed by atoms with E-state index in [0.717, 1.165) is 16.5 Å². The van der Waals surface area contributed by atoms with E-state index in [1.165, 1.54) is 49.6 Å². The molecule has 0 aliphatic carbocycles. The van der Waals surface area contributed by atoms with Crippen molar-refractivity contribution in [3.63, 3.8) is 0 Å². The average Bonchev–Trinajstić information content (AvgIpc) is 3.09. The molecule has 1 aliphatic rings. The lowest BCUT2D eigenvalue weighted by Gasteiger charge is -2.14. The summed E-state index contributed by atoms with van der Waals surface area (Å²) in [5.41, 5.74) is 1.50. The lowest BCUT2D eigenvalue weighted by Crippen LogP contribution is -2.27. The number of hydrogen-bond acceptors (Lipinski definition) is 7. The molecule has 0 aromatic heterocycles. The first-order valence-corrected chi connectivity index (χ1v) is 13.1. The van der Waals surface area contributed by atoms with E-state index in [2.05, 4.69) is 0 Å². The highest BCUT2D eigenvalue weighted by Gasteiger charge is 2.36. The molecule has 0 N–H and O–H groups in total. The van der Waals surface area contributed by atoms with Gasteiger partial charge in [-0.1, -0.05) is 47.5 Å². The average molecular weight is 548 g/mol. The third kappa shape index (κ3) is 5.40. The van der Waals surface area contributed by atoms with Gasteiger partial charge >= 0.3 is 10.1 Å². The quantitative estimate of drug-likeness (QED) is 0.273. The molecule has 3 aromatic rings. The normalized spacial score (nSPS) is 15.0. The Bertz CT molecular complexity index is 1490. The first kappa shape index (κ1) is 25.7. The lowest BCUT2D eigenvalue weighted by molar-refractivity contribution is -0.123. The molecular weight excluding hydrogens is 529 g/mol. The summed E-state index contributed by atoms with van der Waals surface area (Å²) in [6, 6.07) is 14.5. The molecular formula is C25H19ClFNO6S2. The second-order valence-corrected chi connectivity index (χ2v) is 10.7. The molecule has 4 rings (SSSR count). The van der Waals surface area contributed by atoms with E-state index in [1.54, 1.807) is 18.2 Å². The lowest BCUT2D eigenvalue weighted by atomic mass is 10.1. The summed E-state index contributed by atoms with van der Waals surface area (Å²) in [7, 11) is -2.87. The van der Waals surface area contributed by atoms with Crippen LogP contribution >= 0.6 is 23.4 Å². The van der Waals surface area contributed by atoms with Crippen molar-refractivity contribution in [1.29, 1.82) is 0 Å². The molecule has 0 bridgehead atoms. The molecule has 0 saturated carbocycles. The molecule has 0 unspecified atom stereocenters. The van der Waals surface area contributed by atoms with Gasteiger partial charge < -0.3 is 8.92 Å². The summed E-state index contributed by atoms with van der Waals surface area (Å²) in [6.07, 6.45) is 1.36. The van der Waals surface area contributed by atoms with Crippen LogP contribution in [0.4, 0.5) is 9.18 Å². The Hall–Kier alpha value is -3.34. The van der Waals surface area contributed by atoms with Gasteiger partial charge in [-0.05, 0) is 60.7 Å². The molecule has 1 saturated heterocycles. The molecule has 7 nitrogen and oxygen atoms in total. The van der Waals surface area contributed by atoms with Gasteiger partial charge in [-0.25, -0.2) is 4.39 Å². The third-order valence-corrected chi connectivity index (χ3v) is 7.73. The molecule has 11 heteroatoms. The van der Waals surface area contributed by atoms with Crippen LogP contribution in [0.1, 0.15) is 16.7 Å². The maximum atomic E-state index is 13.4. The predicted octanol–water partition coefficient (Wildman–Crippen LogP) is 5.80. The van der Waals surface area contributed by atoms with Crippen LogP contribution in [0.3, 0.4) is 0 Å². The van der Waals surface area contributed by atoms with Gasteiger partial charge in [0.1, 0.15) is 10.7 Å². The number of imide groups is 1. The minimum atomic E-state index is -4.23. The topological polar surface area (TPSA) is 90.0 Å². The molecule has 0 radical (unpaired) electrons. The standard InChI is InChI=1S/C25H19ClFNO6S2/c1-15-6-10-19(11-7-15)36(31,32)34-23-16(4-3-5-21(23)33-2)12-22-24(29)28(25(30)35-22)14-17-8-9-18(27)13-20(17)26/h3-13H,14H2,1-2H3/b22-12-. The van der Waals surface area contributed by atoms with E-state index < -0.39 is 27.1 Å². The molecule has 3 aromatic carbocycles. The van der Waals surface area contributed by atoms with Gasteiger partial charge in [0.05, 0.1) is 18.6 Å². The zero-order valence-electron chi connectivity index (χ0n) is 19.0. The van der Waals surface area contributed by atoms with Crippen molar-refractivity contribution in [3.05, 3.63) is 93.1 Å². The number of para-hydroxylation sites is 1. The number of amides is 2. The van der Waals surface area contributed by atoms with Crippen molar-refractivity contribution in [2.45, 2.75) is 18.4 Å². The Kier molecular flexibility index (Phi) is 7.39. The fraction of sp³-hybridized carbons (Fsp3) is 0.120. The second kappa shape index (κ2) is 10.3. The van der Waals surface area contributed by atoms with E-state index in [1.807, 2.05) is 6.92 Å². The summed E-state index contributed by atoms with van der Waals surface area (Å²) in [5, 5.41) is -0.466. The molecule has 0 spiro atoms. The summed E-state index contributed by atoms with van der Waals surface area (Å²) < 4.78 is 49.9. The van der Waals surface area contributed by atoms with Crippen LogP contribution < -0.4 is 8.92 Å². The van der Waals surface area contributed by atoms with Crippen LogP contribution in [-0.2, 0) is 21.5 Å². The molecule has 1 heterocycles. The molecule has 1 fully saturated rings. The van der Waals surface area contributed by atoms with E-state index >= 15 is 0 Å². The van der Waals surface area contributed by atoms with Crippen LogP contribution in [0, 0.1) is 12.7 Å². The van der Waals surface area contributed by atoms with Crippen molar-refractivity contribution in [2.75, 3.05) is 7.11 Å². The number of rotatable bonds is 7. The number of ether oxygens (including phenoxy) is 1. The molecule has 186 valence electrons. The first-order chi connectivity index (χ1) is 17.1. The number of halogens is 2. The largest absolute Gasteiger partial charge is 0.493 e. The van der Waals surface area contributed by atoms with Crippen molar-refractivity contribution < 1.29 is 31.3 Å². The highest BCUT2D eigenvalue weighted by molar-refractivity contribution is 8.18. The fourth-order valence-electron chi connectivity index (χ4n) is 3.36. The monoisotopic (exact) mass is 547 g/mol. The number of hydrogen-bond donors (Lipinski definition) is 0. The Morgan fingerprint density at radius 2 is 1.81 bits per heavy atom. The van der Waals surface area contributed by atoms with Gasteiger partial charge in [-0.3, -0.25) is 14.5 Å². The minimum Gasteiger partial charge on any atom is -0.493 e. The molecule has 36 heavy (non-hydrogen) atoms. The zero-order valence-corrected chi connectivity index (χ0v) is 21.4. The maximum Gasteiger partial charge on any atom is 0.339 e. The summed E-state index contributed by atoms with van der Waals surface area (Å²) >= 11 is 6.72. The van der Waals surface area contributed by atoms with Crippen LogP contribution in [-0.4, -0.2) is 31.6 Å². The number of carbonyl (C=O) groups is 2. The highest BCUT2D eigenvalue weighted by Crippen LogP contribution is 2.39. The van der Waals surface area contributed by atoms with Gasteiger partial charge in [0.15, 0.2) is 11.5 Å². The summed E-state index contributed by atoms with van der Waals surface area (Å²) in [6.45, 7) is 1.68. The van der Waals surface area contributed by atoms with Crippen molar-refractivity contribution >= 4 is 50.7 Å². The van der Waals surface area contributed by atoms with Crippen LogP contribution in [0.15, 0.2) is 70.5 Å². The van der Waals surface area contributed by atoms with Crippen molar-refractivity contribution in [3.8, 4) is 11.5 Å². The number of aryl methyl sites for hydroxylation is 1. The minimum absolute atomic E-state index is 0.0454. The van der Waals surface area contributed by atoms with Crippen LogP contribution in [0.25, 0.3) is 6.08 Å². The number of thioether (sulfide) groups is 1. The van der Waals surface area contributed by atoms with E-state index in [9.17, 15) is 22.4 Å². The smallest absolute Gasteiger partial charge is 0.339 e. The zero-order chi connectivity index (χ0) is 26.0. The van der Waals surface area contributed by atoms with Gasteiger partial charge in [0.2, 0.25) is 0 Å². The maximum absolute atomic E-state index is 13.4. The Morgan fingerprint density at radius 1 is 1.08 bits per heavy atom. The van der Waals surface area contributed by atoms with Gasteiger partial charge in [0, 0.05) is 10.6 Å². The van der Waals surface area contributed by atoms with E-state index in [4.69, 9.17) is 20.5 Å². The number of nitrogens with zero attached hydrogens (tertiary/aromatic N) is 1. The molecule has 1 aliphatic heterocycles. The second-order valence-electron chi connectivity index (χ2n) is 7.73. The summed E-state index contributed by atoms with van der Waals surface area (Å²) in [5.74, 6) is -1.16. The molecule has 2 amide bonds. The number of benzene rings is 3. The SMILES string of the molecule is COc1cccc(/C=C2\SC(=O)N(Cc3ccc(F)cc3Cl)C2=O)c1OS(=O)(=O)c1ccc(C)cc1. The summed E-state index contributed by atoms with van der Waals surface area (Å²) in [4.78, 5) is 26.6. The third-order valence-electron chi connectivity index (χ3n) is 5.24. The fourth-order valence-corrected chi connectivity index (χ4v) is 5.38. The van der Waals surface area contributed by atoms with E-state index in [-0.39, 0.29) is 38.4 Å². The van der Waals surface area contributed by atoms with Gasteiger partial charge in [0.25, 0.3) is 11.1 Å². The molecule has 0 atom stereocenters. The Morgan fingerprint density at radius 3 is 2.47 bits per heavy atom.